The molecule has 0 atom stereocenters. The van der Waals surface area contributed by atoms with E-state index >= 15 is 0 Å². The Morgan fingerprint density at radius 3 is 2.68 bits per heavy atom. The zero-order valence-electron chi connectivity index (χ0n) is 11.9. The monoisotopic (exact) mass is 281 g/mol. The first-order chi connectivity index (χ1) is 9.06. The molecular formula is C15H20ClNO2. The highest BCUT2D eigenvalue weighted by molar-refractivity contribution is 6.29. The number of anilines is 1. The smallest absolute Gasteiger partial charge is 0.246 e. The van der Waals surface area contributed by atoms with E-state index in [-0.39, 0.29) is 11.8 Å². The number of benzene rings is 1. The van der Waals surface area contributed by atoms with Gasteiger partial charge in [-0.3, -0.25) is 9.69 Å². The minimum atomic E-state index is -0.156. The van der Waals surface area contributed by atoms with Gasteiger partial charge in [0.15, 0.2) is 0 Å². The number of allylic oxidation sites excluding steroid dienone is 1. The van der Waals surface area contributed by atoms with Gasteiger partial charge in [0.2, 0.25) is 5.91 Å². The average Bonchev–Trinajstić information content (AvgIpc) is 2.40. The standard InChI is InChI=1S/C15H20ClNO2/c1-5-13-8-6-7-11(2)15(13)17(14(18)9-16)12(3)10-19-4/h6-8,10H,5,9H2,1-4H3/b12-10-. The third-order valence-electron chi connectivity index (χ3n) is 2.93. The predicted octanol–water partition coefficient (Wildman–Crippen LogP) is 3.64. The number of amides is 1. The summed E-state index contributed by atoms with van der Waals surface area (Å²) >= 11 is 5.73. The molecule has 0 saturated carbocycles. The van der Waals surface area contributed by atoms with Crippen LogP contribution in [0.5, 0.6) is 0 Å². The number of hydrogen-bond donors (Lipinski definition) is 0. The number of hydrogen-bond acceptors (Lipinski definition) is 2. The molecule has 104 valence electrons. The van der Waals surface area contributed by atoms with Gasteiger partial charge in [0.25, 0.3) is 0 Å². The molecule has 0 radical (unpaired) electrons. The molecule has 4 heteroatoms. The Hall–Kier alpha value is -1.48. The van der Waals surface area contributed by atoms with Crippen LogP contribution in [0.1, 0.15) is 25.0 Å². The second-order valence-corrected chi connectivity index (χ2v) is 4.56. The van der Waals surface area contributed by atoms with Crippen molar-refractivity contribution in [1.29, 1.82) is 0 Å². The first-order valence-corrected chi connectivity index (χ1v) is 6.77. The SMILES string of the molecule is CCc1cccc(C)c1N(C(=O)CCl)/C(C)=C\OC. The molecule has 1 aromatic carbocycles. The number of halogens is 1. The molecule has 0 bridgehead atoms. The Kier molecular flexibility index (Phi) is 5.90. The molecule has 19 heavy (non-hydrogen) atoms. The van der Waals surface area contributed by atoms with Crippen LogP contribution in [0.25, 0.3) is 0 Å². The van der Waals surface area contributed by atoms with Gasteiger partial charge in [-0.15, -0.1) is 11.6 Å². The Bertz CT molecular complexity index is 483. The van der Waals surface area contributed by atoms with Gasteiger partial charge >= 0.3 is 0 Å². The van der Waals surface area contributed by atoms with E-state index < -0.39 is 0 Å². The average molecular weight is 282 g/mol. The highest BCUT2D eigenvalue weighted by Gasteiger charge is 2.21. The minimum absolute atomic E-state index is 0.0631. The van der Waals surface area contributed by atoms with Crippen molar-refractivity contribution in [1.82, 2.24) is 0 Å². The summed E-state index contributed by atoms with van der Waals surface area (Å²) in [5.41, 5.74) is 3.78. The fourth-order valence-corrected chi connectivity index (χ4v) is 2.23. The molecule has 3 nitrogen and oxygen atoms in total. The summed E-state index contributed by atoms with van der Waals surface area (Å²) in [6.07, 6.45) is 2.40. The maximum Gasteiger partial charge on any atom is 0.246 e. The summed E-state index contributed by atoms with van der Waals surface area (Å²) in [4.78, 5) is 13.8. The van der Waals surface area contributed by atoms with Crippen LogP contribution in [0.4, 0.5) is 5.69 Å². The molecule has 0 aliphatic carbocycles. The first kappa shape index (κ1) is 15.6. The maximum atomic E-state index is 12.1. The van der Waals surface area contributed by atoms with E-state index in [4.69, 9.17) is 16.3 Å². The van der Waals surface area contributed by atoms with E-state index in [1.54, 1.807) is 18.3 Å². The van der Waals surface area contributed by atoms with Gasteiger partial charge < -0.3 is 4.74 Å². The Morgan fingerprint density at radius 1 is 1.47 bits per heavy atom. The van der Waals surface area contributed by atoms with Crippen molar-refractivity contribution >= 4 is 23.2 Å². The predicted molar refractivity (Wildman–Crippen MR) is 79.5 cm³/mol. The lowest BCUT2D eigenvalue weighted by molar-refractivity contribution is -0.115. The summed E-state index contributed by atoms with van der Waals surface area (Å²) in [7, 11) is 1.56. The molecule has 0 spiro atoms. The van der Waals surface area contributed by atoms with Crippen molar-refractivity contribution < 1.29 is 9.53 Å². The third kappa shape index (κ3) is 3.51. The maximum absolute atomic E-state index is 12.1. The van der Waals surface area contributed by atoms with Crippen molar-refractivity contribution in [3.63, 3.8) is 0 Å². The van der Waals surface area contributed by atoms with Gasteiger partial charge in [-0.1, -0.05) is 25.1 Å². The van der Waals surface area contributed by atoms with E-state index in [0.29, 0.717) is 0 Å². The van der Waals surface area contributed by atoms with Crippen molar-refractivity contribution in [3.8, 4) is 0 Å². The minimum Gasteiger partial charge on any atom is -0.503 e. The lowest BCUT2D eigenvalue weighted by Crippen LogP contribution is -2.31. The summed E-state index contributed by atoms with van der Waals surface area (Å²) < 4.78 is 5.02. The molecule has 0 saturated heterocycles. The molecule has 1 amide bonds. The number of rotatable bonds is 5. The molecular weight excluding hydrogens is 262 g/mol. The summed E-state index contributed by atoms with van der Waals surface area (Å²) in [6, 6.07) is 6.01. The summed E-state index contributed by atoms with van der Waals surface area (Å²) in [5, 5.41) is 0. The number of carbonyl (C=O) groups is 1. The molecule has 0 heterocycles. The van der Waals surface area contributed by atoms with Gasteiger partial charge in [-0.25, -0.2) is 0 Å². The van der Waals surface area contributed by atoms with E-state index in [1.807, 2.05) is 32.0 Å². The normalized spacial score (nSPS) is 11.3. The van der Waals surface area contributed by atoms with Crippen LogP contribution < -0.4 is 4.90 Å². The van der Waals surface area contributed by atoms with E-state index in [1.165, 1.54) is 0 Å². The molecule has 0 aromatic heterocycles. The topological polar surface area (TPSA) is 29.5 Å². The number of aryl methyl sites for hydroxylation is 2. The molecule has 0 aliphatic heterocycles. The highest BCUT2D eigenvalue weighted by atomic mass is 35.5. The van der Waals surface area contributed by atoms with Gasteiger partial charge in [-0.2, -0.15) is 0 Å². The lowest BCUT2D eigenvalue weighted by atomic mass is 10.0. The number of nitrogens with zero attached hydrogens (tertiary/aromatic N) is 1. The van der Waals surface area contributed by atoms with E-state index in [2.05, 4.69) is 6.92 Å². The second kappa shape index (κ2) is 7.19. The van der Waals surface area contributed by atoms with Crippen LogP contribution in [0.2, 0.25) is 0 Å². The number of para-hydroxylation sites is 1. The Balaban J connectivity index is 3.41. The van der Waals surface area contributed by atoms with E-state index in [9.17, 15) is 4.79 Å². The zero-order valence-corrected chi connectivity index (χ0v) is 12.6. The van der Waals surface area contributed by atoms with Gasteiger partial charge in [0, 0.05) is 0 Å². The van der Waals surface area contributed by atoms with Crippen molar-refractivity contribution in [2.45, 2.75) is 27.2 Å². The fourth-order valence-electron chi connectivity index (χ4n) is 2.11. The lowest BCUT2D eigenvalue weighted by Gasteiger charge is -2.26. The van der Waals surface area contributed by atoms with Crippen LogP contribution in [0.3, 0.4) is 0 Å². The number of methoxy groups -OCH3 is 1. The van der Waals surface area contributed by atoms with Crippen LogP contribution in [0, 0.1) is 6.92 Å². The number of alkyl halides is 1. The molecule has 0 fully saturated rings. The van der Waals surface area contributed by atoms with Crippen LogP contribution in [0.15, 0.2) is 30.2 Å². The van der Waals surface area contributed by atoms with Crippen LogP contribution in [-0.4, -0.2) is 18.9 Å². The van der Waals surface area contributed by atoms with Crippen molar-refractivity contribution in [2.75, 3.05) is 17.9 Å². The number of ether oxygens (including phenoxy) is 1. The quantitative estimate of drug-likeness (QED) is 0.609. The molecule has 1 aromatic rings. The van der Waals surface area contributed by atoms with Crippen LogP contribution in [-0.2, 0) is 16.0 Å². The Labute approximate surface area is 119 Å². The van der Waals surface area contributed by atoms with Crippen molar-refractivity contribution in [2.24, 2.45) is 0 Å². The van der Waals surface area contributed by atoms with E-state index in [0.717, 1.165) is 28.9 Å². The van der Waals surface area contributed by atoms with Crippen molar-refractivity contribution in [3.05, 3.63) is 41.3 Å². The number of carbonyl (C=O) groups excluding carboxylic acids is 1. The van der Waals surface area contributed by atoms with Gasteiger partial charge in [0.05, 0.1) is 18.5 Å². The largest absolute Gasteiger partial charge is 0.503 e. The Morgan fingerprint density at radius 2 is 2.16 bits per heavy atom. The molecule has 1 rings (SSSR count). The summed E-state index contributed by atoms with van der Waals surface area (Å²) in [5.74, 6) is -0.219. The van der Waals surface area contributed by atoms with Gasteiger partial charge in [0.1, 0.15) is 12.1 Å². The van der Waals surface area contributed by atoms with Crippen LogP contribution >= 0.6 is 11.6 Å². The molecule has 0 unspecified atom stereocenters. The zero-order chi connectivity index (χ0) is 14.4. The molecule has 0 aliphatic rings. The first-order valence-electron chi connectivity index (χ1n) is 6.23. The molecule has 0 N–H and O–H groups in total. The van der Waals surface area contributed by atoms with Gasteiger partial charge in [-0.05, 0) is 31.4 Å². The second-order valence-electron chi connectivity index (χ2n) is 4.29. The third-order valence-corrected chi connectivity index (χ3v) is 3.16. The summed E-state index contributed by atoms with van der Waals surface area (Å²) in [6.45, 7) is 5.89. The highest BCUT2D eigenvalue weighted by Crippen LogP contribution is 2.29. The fraction of sp³-hybridized carbons (Fsp3) is 0.400.